The summed E-state index contributed by atoms with van der Waals surface area (Å²) in [5.74, 6) is -0.204. The summed E-state index contributed by atoms with van der Waals surface area (Å²) in [5, 5.41) is 14.8. The molecule has 0 fully saturated rings. The van der Waals surface area contributed by atoms with E-state index in [1.54, 1.807) is 30.3 Å². The van der Waals surface area contributed by atoms with Crippen molar-refractivity contribution in [3.63, 3.8) is 0 Å². The van der Waals surface area contributed by atoms with Crippen LogP contribution in [0, 0.1) is 6.92 Å². The van der Waals surface area contributed by atoms with Gasteiger partial charge in [0.2, 0.25) is 5.91 Å². The second-order valence-corrected chi connectivity index (χ2v) is 8.50. The first-order valence-electron chi connectivity index (χ1n) is 10.7. The standard InChI is InChI=1S/C24H27N5O4S/c1-5-29-21(16(3)25-22(31)17-9-6-8-15(2)12-17)27-28-24(29)34-14-20(30)26-19-11-7-10-18(13-19)23(32)33-4/h6-13,16H,5,14H2,1-4H3,(H,25,31)(H,26,30)/t16-/m1/s1. The molecular formula is C24H27N5O4S. The summed E-state index contributed by atoms with van der Waals surface area (Å²) in [5.41, 5.74) is 2.44. The van der Waals surface area contributed by atoms with Crippen LogP contribution in [0.5, 0.6) is 0 Å². The number of aryl methyl sites for hydroxylation is 1. The lowest BCUT2D eigenvalue weighted by molar-refractivity contribution is -0.113. The molecule has 1 atom stereocenters. The van der Waals surface area contributed by atoms with Gasteiger partial charge in [-0.05, 0) is 51.1 Å². The zero-order chi connectivity index (χ0) is 24.7. The van der Waals surface area contributed by atoms with Crippen LogP contribution < -0.4 is 10.6 Å². The highest BCUT2D eigenvalue weighted by Gasteiger charge is 2.20. The molecule has 0 saturated heterocycles. The number of anilines is 1. The highest BCUT2D eigenvalue weighted by molar-refractivity contribution is 7.99. The molecule has 0 unspecified atom stereocenters. The molecule has 0 spiro atoms. The number of esters is 1. The van der Waals surface area contributed by atoms with Gasteiger partial charge in [-0.15, -0.1) is 10.2 Å². The number of rotatable bonds is 9. The largest absolute Gasteiger partial charge is 0.465 e. The molecule has 3 rings (SSSR count). The van der Waals surface area contributed by atoms with Gasteiger partial charge >= 0.3 is 5.97 Å². The summed E-state index contributed by atoms with van der Waals surface area (Å²) in [6, 6.07) is 13.5. The van der Waals surface area contributed by atoms with Crippen LogP contribution in [-0.4, -0.2) is 45.4 Å². The lowest BCUT2D eigenvalue weighted by Crippen LogP contribution is -2.28. The molecule has 34 heavy (non-hydrogen) atoms. The highest BCUT2D eigenvalue weighted by Crippen LogP contribution is 2.21. The average Bonchev–Trinajstić information content (AvgIpc) is 3.25. The lowest BCUT2D eigenvalue weighted by Gasteiger charge is -2.15. The number of hydrogen-bond donors (Lipinski definition) is 2. The third-order valence-corrected chi connectivity index (χ3v) is 5.94. The Hall–Kier alpha value is -3.66. The summed E-state index contributed by atoms with van der Waals surface area (Å²) < 4.78 is 6.58. The first-order chi connectivity index (χ1) is 16.3. The van der Waals surface area contributed by atoms with E-state index in [0.29, 0.717) is 34.3 Å². The van der Waals surface area contributed by atoms with Crippen molar-refractivity contribution in [1.82, 2.24) is 20.1 Å². The quantitative estimate of drug-likeness (QED) is 0.354. The number of nitrogens with zero attached hydrogens (tertiary/aromatic N) is 3. The molecular weight excluding hydrogens is 454 g/mol. The number of methoxy groups -OCH3 is 1. The zero-order valence-electron chi connectivity index (χ0n) is 19.5. The molecule has 1 heterocycles. The third-order valence-electron chi connectivity index (χ3n) is 4.98. The van der Waals surface area contributed by atoms with Crippen molar-refractivity contribution in [3.8, 4) is 0 Å². The summed E-state index contributed by atoms with van der Waals surface area (Å²) in [6.07, 6.45) is 0. The highest BCUT2D eigenvalue weighted by atomic mass is 32.2. The van der Waals surface area contributed by atoms with Gasteiger partial charge in [-0.25, -0.2) is 4.79 Å². The second kappa shape index (κ2) is 11.5. The molecule has 9 nitrogen and oxygen atoms in total. The van der Waals surface area contributed by atoms with Gasteiger partial charge in [0.25, 0.3) is 5.91 Å². The first kappa shape index (κ1) is 25.0. The van der Waals surface area contributed by atoms with E-state index in [1.807, 2.05) is 43.5 Å². The molecule has 2 aromatic carbocycles. The van der Waals surface area contributed by atoms with Crippen LogP contribution >= 0.6 is 11.8 Å². The minimum absolute atomic E-state index is 0.102. The first-order valence-corrected chi connectivity index (χ1v) is 11.7. The maximum Gasteiger partial charge on any atom is 0.337 e. The summed E-state index contributed by atoms with van der Waals surface area (Å²) in [7, 11) is 1.30. The maximum atomic E-state index is 12.6. The van der Waals surface area contributed by atoms with E-state index in [0.717, 1.165) is 5.56 Å². The van der Waals surface area contributed by atoms with Crippen molar-refractivity contribution < 1.29 is 19.1 Å². The van der Waals surface area contributed by atoms with Gasteiger partial charge in [-0.1, -0.05) is 35.5 Å². The third kappa shape index (κ3) is 6.22. The number of carbonyl (C=O) groups excluding carboxylic acids is 3. The van der Waals surface area contributed by atoms with E-state index in [1.165, 1.54) is 18.9 Å². The number of hydrogen-bond acceptors (Lipinski definition) is 7. The topological polar surface area (TPSA) is 115 Å². The van der Waals surface area contributed by atoms with Gasteiger partial charge in [-0.3, -0.25) is 9.59 Å². The summed E-state index contributed by atoms with van der Waals surface area (Å²) >= 11 is 1.24. The number of benzene rings is 2. The molecule has 1 aromatic heterocycles. The van der Waals surface area contributed by atoms with E-state index in [4.69, 9.17) is 4.74 Å². The number of thioether (sulfide) groups is 1. The Kier molecular flexibility index (Phi) is 8.42. The molecule has 0 radical (unpaired) electrons. The Morgan fingerprint density at radius 2 is 1.82 bits per heavy atom. The van der Waals surface area contributed by atoms with Crippen LogP contribution in [-0.2, 0) is 16.1 Å². The fourth-order valence-corrected chi connectivity index (χ4v) is 4.13. The normalized spacial score (nSPS) is 11.5. The smallest absolute Gasteiger partial charge is 0.337 e. The van der Waals surface area contributed by atoms with Crippen LogP contribution in [0.4, 0.5) is 5.69 Å². The predicted molar refractivity (Wildman–Crippen MR) is 130 cm³/mol. The zero-order valence-corrected chi connectivity index (χ0v) is 20.3. The Morgan fingerprint density at radius 3 is 2.53 bits per heavy atom. The van der Waals surface area contributed by atoms with Crippen molar-refractivity contribution in [3.05, 3.63) is 71.0 Å². The second-order valence-electron chi connectivity index (χ2n) is 7.56. The number of aromatic nitrogens is 3. The molecule has 0 saturated carbocycles. The van der Waals surface area contributed by atoms with E-state index in [9.17, 15) is 14.4 Å². The van der Waals surface area contributed by atoms with Crippen molar-refractivity contribution >= 4 is 35.2 Å². The number of amides is 2. The molecule has 0 bridgehead atoms. The van der Waals surface area contributed by atoms with Gasteiger partial charge in [0.1, 0.15) is 0 Å². The Labute approximate surface area is 202 Å². The van der Waals surface area contributed by atoms with Crippen LogP contribution in [0.1, 0.15) is 52.0 Å². The van der Waals surface area contributed by atoms with Crippen LogP contribution in [0.25, 0.3) is 0 Å². The molecule has 10 heteroatoms. The number of ether oxygens (including phenoxy) is 1. The molecule has 0 aliphatic rings. The lowest BCUT2D eigenvalue weighted by atomic mass is 10.1. The van der Waals surface area contributed by atoms with Crippen molar-refractivity contribution in [2.45, 2.75) is 38.5 Å². The van der Waals surface area contributed by atoms with Crippen LogP contribution in [0.2, 0.25) is 0 Å². The molecule has 3 aromatic rings. The Balaban J connectivity index is 1.62. The fourth-order valence-electron chi connectivity index (χ4n) is 3.32. The Morgan fingerprint density at radius 1 is 1.09 bits per heavy atom. The maximum absolute atomic E-state index is 12.6. The van der Waals surface area contributed by atoms with Gasteiger partial charge < -0.3 is 19.9 Å². The van der Waals surface area contributed by atoms with Gasteiger partial charge in [0.05, 0.1) is 24.5 Å². The van der Waals surface area contributed by atoms with Crippen molar-refractivity contribution in [1.29, 1.82) is 0 Å². The molecule has 2 amide bonds. The van der Waals surface area contributed by atoms with E-state index < -0.39 is 5.97 Å². The van der Waals surface area contributed by atoms with E-state index >= 15 is 0 Å². The monoisotopic (exact) mass is 481 g/mol. The van der Waals surface area contributed by atoms with Gasteiger partial charge in [0.15, 0.2) is 11.0 Å². The van der Waals surface area contributed by atoms with E-state index in [-0.39, 0.29) is 23.6 Å². The molecule has 2 N–H and O–H groups in total. The fraction of sp³-hybridized carbons (Fsp3) is 0.292. The van der Waals surface area contributed by atoms with Crippen LogP contribution in [0.3, 0.4) is 0 Å². The minimum atomic E-state index is -0.474. The van der Waals surface area contributed by atoms with Crippen LogP contribution in [0.15, 0.2) is 53.7 Å². The predicted octanol–water partition coefficient (Wildman–Crippen LogP) is 3.61. The summed E-state index contributed by atoms with van der Waals surface area (Å²) in [6.45, 7) is 6.31. The van der Waals surface area contributed by atoms with Gasteiger partial charge in [-0.2, -0.15) is 0 Å². The minimum Gasteiger partial charge on any atom is -0.465 e. The number of nitrogens with one attached hydrogen (secondary N) is 2. The molecule has 0 aliphatic heterocycles. The summed E-state index contributed by atoms with van der Waals surface area (Å²) in [4.78, 5) is 36.7. The van der Waals surface area contributed by atoms with Crippen molar-refractivity contribution in [2.24, 2.45) is 0 Å². The van der Waals surface area contributed by atoms with E-state index in [2.05, 4.69) is 20.8 Å². The Bertz CT molecular complexity index is 1190. The van der Waals surface area contributed by atoms with Crippen molar-refractivity contribution in [2.75, 3.05) is 18.2 Å². The molecule has 178 valence electrons. The van der Waals surface area contributed by atoms with Gasteiger partial charge in [0, 0.05) is 17.8 Å². The number of carbonyl (C=O) groups is 3. The SMILES string of the molecule is CCn1c(SCC(=O)Nc2cccc(C(=O)OC)c2)nnc1[C@@H](C)NC(=O)c1cccc(C)c1. The molecule has 0 aliphatic carbocycles. The average molecular weight is 482 g/mol.